The minimum atomic E-state index is 0.0488. The van der Waals surface area contributed by atoms with Gasteiger partial charge in [-0.15, -0.1) is 0 Å². The number of nitrogens with zero attached hydrogens (tertiary/aromatic N) is 4. The lowest BCUT2D eigenvalue weighted by atomic mass is 10.1. The highest BCUT2D eigenvalue weighted by Crippen LogP contribution is 2.47. The highest BCUT2D eigenvalue weighted by molar-refractivity contribution is 9.10. The molecule has 3 aromatic rings. The van der Waals surface area contributed by atoms with Crippen molar-refractivity contribution in [2.45, 2.75) is 18.9 Å². The number of nitrogens with one attached hydrogen (secondary N) is 1. The molecule has 2 heterocycles. The maximum Gasteiger partial charge on any atom is 0.224 e. The van der Waals surface area contributed by atoms with E-state index in [-0.39, 0.29) is 11.8 Å². The van der Waals surface area contributed by atoms with E-state index in [9.17, 15) is 4.79 Å². The Balaban J connectivity index is 1.40. The average molecular weight is 398 g/mol. The number of aromatic nitrogens is 4. The van der Waals surface area contributed by atoms with Crippen LogP contribution in [0.3, 0.4) is 0 Å². The molecule has 0 radical (unpaired) electrons. The SMILES string of the molecule is O=C(NCc1cccnc1-n1cncn1)C1CC1c1ccc(Br)cc1. The van der Waals surface area contributed by atoms with E-state index in [1.165, 1.54) is 11.9 Å². The summed E-state index contributed by atoms with van der Waals surface area (Å²) < 4.78 is 2.65. The Hall–Kier alpha value is -2.54. The molecule has 1 fully saturated rings. The standard InChI is InChI=1S/C18H16BrN5O/c19-14-5-3-12(4-6-14)15-8-16(15)18(25)22-9-13-2-1-7-21-17(13)24-11-20-10-23-24/h1-7,10-11,15-16H,8-9H2,(H,22,25). The Labute approximate surface area is 153 Å². The molecule has 1 N–H and O–H groups in total. The number of hydrogen-bond donors (Lipinski definition) is 1. The van der Waals surface area contributed by atoms with Gasteiger partial charge in [-0.2, -0.15) is 5.10 Å². The number of amides is 1. The van der Waals surface area contributed by atoms with Gasteiger partial charge >= 0.3 is 0 Å². The number of carbonyl (C=O) groups excluding carboxylic acids is 1. The number of pyridine rings is 1. The first-order valence-electron chi connectivity index (χ1n) is 8.04. The molecule has 2 unspecified atom stereocenters. The highest BCUT2D eigenvalue weighted by atomic mass is 79.9. The molecular weight excluding hydrogens is 382 g/mol. The van der Waals surface area contributed by atoms with Crippen molar-refractivity contribution in [1.82, 2.24) is 25.1 Å². The molecule has 0 saturated heterocycles. The van der Waals surface area contributed by atoms with Crippen LogP contribution in [-0.2, 0) is 11.3 Å². The largest absolute Gasteiger partial charge is 0.352 e. The van der Waals surface area contributed by atoms with Gasteiger partial charge in [0.15, 0.2) is 5.82 Å². The van der Waals surface area contributed by atoms with Crippen molar-refractivity contribution < 1.29 is 4.79 Å². The zero-order valence-electron chi connectivity index (χ0n) is 13.3. The summed E-state index contributed by atoms with van der Waals surface area (Å²) in [5.41, 5.74) is 2.12. The minimum absolute atomic E-state index is 0.0488. The van der Waals surface area contributed by atoms with Crippen LogP contribution < -0.4 is 5.32 Å². The van der Waals surface area contributed by atoms with Crippen molar-refractivity contribution in [1.29, 1.82) is 0 Å². The van der Waals surface area contributed by atoms with Crippen LogP contribution >= 0.6 is 15.9 Å². The number of halogens is 1. The van der Waals surface area contributed by atoms with Crippen LogP contribution in [0.5, 0.6) is 0 Å². The maximum absolute atomic E-state index is 12.5. The second kappa shape index (κ2) is 6.76. The second-order valence-corrected chi connectivity index (χ2v) is 6.96. The van der Waals surface area contributed by atoms with Crippen LogP contribution in [0, 0.1) is 5.92 Å². The fraction of sp³-hybridized carbons (Fsp3) is 0.222. The molecule has 126 valence electrons. The van der Waals surface area contributed by atoms with Gasteiger partial charge in [-0.1, -0.05) is 34.1 Å². The predicted molar refractivity (Wildman–Crippen MR) is 96.0 cm³/mol. The molecule has 25 heavy (non-hydrogen) atoms. The number of carbonyl (C=O) groups is 1. The summed E-state index contributed by atoms with van der Waals surface area (Å²) in [6.07, 6.45) is 5.66. The molecule has 7 heteroatoms. The van der Waals surface area contributed by atoms with Gasteiger partial charge in [-0.05, 0) is 36.1 Å². The van der Waals surface area contributed by atoms with Gasteiger partial charge in [-0.3, -0.25) is 4.79 Å². The zero-order chi connectivity index (χ0) is 17.2. The van der Waals surface area contributed by atoms with E-state index in [1.807, 2.05) is 24.3 Å². The molecule has 1 aromatic carbocycles. The number of benzene rings is 1. The Bertz CT molecular complexity index is 879. The van der Waals surface area contributed by atoms with Crippen molar-refractivity contribution in [3.8, 4) is 5.82 Å². The average Bonchev–Trinajstić information content (AvgIpc) is 3.25. The topological polar surface area (TPSA) is 72.7 Å². The maximum atomic E-state index is 12.5. The Kier molecular flexibility index (Phi) is 4.31. The first-order chi connectivity index (χ1) is 12.2. The molecule has 4 rings (SSSR count). The van der Waals surface area contributed by atoms with E-state index in [0.717, 1.165) is 16.5 Å². The smallest absolute Gasteiger partial charge is 0.224 e. The Morgan fingerprint density at radius 2 is 2.12 bits per heavy atom. The molecule has 2 atom stereocenters. The summed E-state index contributed by atoms with van der Waals surface area (Å²) in [7, 11) is 0. The summed E-state index contributed by atoms with van der Waals surface area (Å²) >= 11 is 3.44. The van der Waals surface area contributed by atoms with Crippen LogP contribution in [0.2, 0.25) is 0 Å². The minimum Gasteiger partial charge on any atom is -0.352 e. The lowest BCUT2D eigenvalue weighted by Crippen LogP contribution is -2.25. The lowest BCUT2D eigenvalue weighted by Gasteiger charge is -2.09. The summed E-state index contributed by atoms with van der Waals surface area (Å²) in [5, 5.41) is 7.13. The third-order valence-electron chi connectivity index (χ3n) is 4.38. The highest BCUT2D eigenvalue weighted by Gasteiger charge is 2.43. The van der Waals surface area contributed by atoms with Crippen molar-refractivity contribution in [2.75, 3.05) is 0 Å². The van der Waals surface area contributed by atoms with Crippen LogP contribution in [0.15, 0.2) is 59.7 Å². The van der Waals surface area contributed by atoms with Gasteiger partial charge in [-0.25, -0.2) is 14.6 Å². The van der Waals surface area contributed by atoms with E-state index >= 15 is 0 Å². The van der Waals surface area contributed by atoms with Crippen LogP contribution in [0.1, 0.15) is 23.5 Å². The summed E-state index contributed by atoms with van der Waals surface area (Å²) in [6, 6.07) is 12.0. The third kappa shape index (κ3) is 3.46. The number of rotatable bonds is 5. The summed E-state index contributed by atoms with van der Waals surface area (Å²) in [6.45, 7) is 0.422. The van der Waals surface area contributed by atoms with Gasteiger partial charge < -0.3 is 5.32 Å². The molecule has 2 aromatic heterocycles. The summed E-state index contributed by atoms with van der Waals surface area (Å²) in [5.74, 6) is 1.13. The van der Waals surface area contributed by atoms with Gasteiger partial charge in [0.05, 0.1) is 0 Å². The van der Waals surface area contributed by atoms with E-state index in [0.29, 0.717) is 18.3 Å². The van der Waals surface area contributed by atoms with Crippen LogP contribution in [-0.4, -0.2) is 25.7 Å². The van der Waals surface area contributed by atoms with Gasteiger partial charge in [0.2, 0.25) is 5.91 Å². The molecule has 0 bridgehead atoms. The molecule has 1 aliphatic carbocycles. The van der Waals surface area contributed by atoms with E-state index in [4.69, 9.17) is 0 Å². The Morgan fingerprint density at radius 1 is 1.28 bits per heavy atom. The van der Waals surface area contributed by atoms with Crippen LogP contribution in [0.4, 0.5) is 0 Å². The van der Waals surface area contributed by atoms with Crippen LogP contribution in [0.25, 0.3) is 5.82 Å². The zero-order valence-corrected chi connectivity index (χ0v) is 14.9. The van der Waals surface area contributed by atoms with E-state index in [1.54, 1.807) is 17.2 Å². The van der Waals surface area contributed by atoms with Crippen molar-refractivity contribution >= 4 is 21.8 Å². The van der Waals surface area contributed by atoms with Crippen molar-refractivity contribution in [3.63, 3.8) is 0 Å². The van der Waals surface area contributed by atoms with Gasteiger partial charge in [0.25, 0.3) is 0 Å². The molecular formula is C18H16BrN5O. The third-order valence-corrected chi connectivity index (χ3v) is 4.91. The summed E-state index contributed by atoms with van der Waals surface area (Å²) in [4.78, 5) is 20.7. The predicted octanol–water partition coefficient (Wildman–Crippen LogP) is 2.84. The molecule has 6 nitrogen and oxygen atoms in total. The second-order valence-electron chi connectivity index (χ2n) is 6.04. The fourth-order valence-electron chi connectivity index (χ4n) is 2.97. The number of hydrogen-bond acceptors (Lipinski definition) is 4. The van der Waals surface area contributed by atoms with E-state index in [2.05, 4.69) is 48.4 Å². The molecule has 1 aliphatic rings. The lowest BCUT2D eigenvalue weighted by molar-refractivity contribution is -0.122. The molecule has 0 spiro atoms. The molecule has 0 aliphatic heterocycles. The monoisotopic (exact) mass is 397 g/mol. The first-order valence-corrected chi connectivity index (χ1v) is 8.84. The van der Waals surface area contributed by atoms with E-state index < -0.39 is 0 Å². The van der Waals surface area contributed by atoms with Crippen molar-refractivity contribution in [2.24, 2.45) is 5.92 Å². The first kappa shape index (κ1) is 16.0. The van der Waals surface area contributed by atoms with Gasteiger partial charge in [0, 0.05) is 28.7 Å². The Morgan fingerprint density at radius 3 is 2.88 bits per heavy atom. The molecule has 1 saturated carbocycles. The fourth-order valence-corrected chi connectivity index (χ4v) is 3.23. The van der Waals surface area contributed by atoms with Crippen molar-refractivity contribution in [3.05, 3.63) is 70.8 Å². The quantitative estimate of drug-likeness (QED) is 0.718. The normalized spacial score (nSPS) is 18.8. The molecule has 1 amide bonds. The van der Waals surface area contributed by atoms with Gasteiger partial charge in [0.1, 0.15) is 12.7 Å².